The number of carbonyl (C=O) groups excluding carboxylic acids is 2. The molecule has 0 amide bonds. The summed E-state index contributed by atoms with van der Waals surface area (Å²) in [5, 5.41) is 0. The molecule has 68 heavy (non-hydrogen) atoms. The van der Waals surface area contributed by atoms with Crippen LogP contribution in [0.15, 0.2) is 85.1 Å². The van der Waals surface area contributed by atoms with Crippen molar-refractivity contribution in [1.82, 2.24) is 0 Å². The largest absolute Gasteiger partial charge is 0.462 e. The summed E-state index contributed by atoms with van der Waals surface area (Å²) in [5.74, 6) is -0.425. The number of rotatable bonds is 53. The van der Waals surface area contributed by atoms with Crippen molar-refractivity contribution in [3.8, 4) is 0 Å². The van der Waals surface area contributed by atoms with E-state index < -0.39 is 6.10 Å². The molecule has 0 aliphatic heterocycles. The van der Waals surface area contributed by atoms with Crippen LogP contribution < -0.4 is 0 Å². The van der Waals surface area contributed by atoms with Gasteiger partial charge in [-0.2, -0.15) is 0 Å². The van der Waals surface area contributed by atoms with Gasteiger partial charge in [0.2, 0.25) is 0 Å². The number of hydrogen-bond donors (Lipinski definition) is 0. The van der Waals surface area contributed by atoms with E-state index in [-0.39, 0.29) is 25.2 Å². The molecule has 0 bridgehead atoms. The van der Waals surface area contributed by atoms with Crippen molar-refractivity contribution in [2.24, 2.45) is 0 Å². The Labute approximate surface area is 422 Å². The summed E-state index contributed by atoms with van der Waals surface area (Å²) in [4.78, 5) is 25.5. The number of hydrogen-bond acceptors (Lipinski definition) is 5. The minimum absolute atomic E-state index is 0.0680. The summed E-state index contributed by atoms with van der Waals surface area (Å²) in [7, 11) is 0. The number of ether oxygens (including phenoxy) is 3. The molecule has 0 saturated carbocycles. The SMILES string of the molecule is CCCCC/C=C\C/C=C\C/C=C\CCCCCCCCC(=O)OCC(COCCCCCCCC/C=C\CCCCCC)OC(=O)CCCCCCCC/C=C\C/C=C\C/C=C\CCCCC. The molecule has 5 nitrogen and oxygen atoms in total. The number of esters is 2. The van der Waals surface area contributed by atoms with E-state index in [0.717, 1.165) is 89.9 Å². The van der Waals surface area contributed by atoms with Gasteiger partial charge >= 0.3 is 11.9 Å². The first kappa shape index (κ1) is 65.1. The Bertz CT molecular complexity index is 1250. The maximum atomic E-state index is 12.9. The van der Waals surface area contributed by atoms with E-state index in [1.807, 2.05) is 0 Å². The van der Waals surface area contributed by atoms with Gasteiger partial charge in [-0.25, -0.2) is 0 Å². The average Bonchev–Trinajstić information content (AvgIpc) is 3.34. The molecular weight excluding hydrogens is 837 g/mol. The maximum Gasteiger partial charge on any atom is 0.306 e. The third-order valence-corrected chi connectivity index (χ3v) is 12.4. The van der Waals surface area contributed by atoms with Gasteiger partial charge in [0, 0.05) is 19.4 Å². The van der Waals surface area contributed by atoms with Crippen LogP contribution in [-0.2, 0) is 23.8 Å². The van der Waals surface area contributed by atoms with Gasteiger partial charge in [-0.05, 0) is 122 Å². The minimum atomic E-state index is -0.556. The zero-order chi connectivity index (χ0) is 49.2. The lowest BCUT2D eigenvalue weighted by Gasteiger charge is -2.18. The van der Waals surface area contributed by atoms with Gasteiger partial charge in [0.05, 0.1) is 6.61 Å². The van der Waals surface area contributed by atoms with Gasteiger partial charge in [0.25, 0.3) is 0 Å². The second-order valence-electron chi connectivity index (χ2n) is 19.2. The standard InChI is InChI=1S/C63H110O5/c1-4-7-10-13-16-19-22-25-28-30-32-34-36-38-41-44-47-50-53-56-62(64)67-60-61(59-66-58-55-52-49-46-43-40-27-24-21-18-15-12-9-6-3)68-63(65)57-54-51-48-45-42-39-37-35-33-31-29-26-23-20-17-14-11-8-5-2/h16-17,19-21,24-26,28-29,32-35,61H,4-15,18,22-23,27,30-31,36-60H2,1-3H3/b19-16-,20-17-,24-21-,28-25-,29-26-,34-32-,35-33-. The monoisotopic (exact) mass is 947 g/mol. The Balaban J connectivity index is 4.33. The van der Waals surface area contributed by atoms with E-state index in [0.29, 0.717) is 19.4 Å². The molecule has 0 aromatic heterocycles. The highest BCUT2D eigenvalue weighted by Gasteiger charge is 2.17. The summed E-state index contributed by atoms with van der Waals surface area (Å²) in [5.41, 5.74) is 0. The summed E-state index contributed by atoms with van der Waals surface area (Å²) < 4.78 is 17.5. The van der Waals surface area contributed by atoms with E-state index in [1.54, 1.807) is 0 Å². The van der Waals surface area contributed by atoms with Crippen LogP contribution in [0, 0.1) is 0 Å². The summed E-state index contributed by atoms with van der Waals surface area (Å²) in [6.45, 7) is 7.74. The number of unbranched alkanes of at least 4 members (excludes halogenated alkanes) is 28. The zero-order valence-corrected chi connectivity index (χ0v) is 45.1. The van der Waals surface area contributed by atoms with E-state index in [9.17, 15) is 9.59 Å². The molecule has 0 aliphatic carbocycles. The normalized spacial score (nSPS) is 12.8. The Hall–Kier alpha value is -2.92. The fourth-order valence-corrected chi connectivity index (χ4v) is 7.99. The van der Waals surface area contributed by atoms with Crippen LogP contribution in [0.1, 0.15) is 278 Å². The average molecular weight is 948 g/mol. The summed E-state index contributed by atoms with van der Waals surface area (Å²) >= 11 is 0. The molecule has 0 fully saturated rings. The smallest absolute Gasteiger partial charge is 0.306 e. The van der Waals surface area contributed by atoms with Crippen molar-refractivity contribution < 1.29 is 23.8 Å². The highest BCUT2D eigenvalue weighted by molar-refractivity contribution is 5.70. The van der Waals surface area contributed by atoms with E-state index in [1.165, 1.54) is 154 Å². The van der Waals surface area contributed by atoms with Crippen molar-refractivity contribution in [3.63, 3.8) is 0 Å². The molecular formula is C63H110O5. The lowest BCUT2D eigenvalue weighted by atomic mass is 10.1. The third kappa shape index (κ3) is 55.7. The van der Waals surface area contributed by atoms with E-state index >= 15 is 0 Å². The van der Waals surface area contributed by atoms with Gasteiger partial charge < -0.3 is 14.2 Å². The molecule has 392 valence electrons. The molecule has 0 spiro atoms. The Morgan fingerprint density at radius 3 is 1.03 bits per heavy atom. The summed E-state index contributed by atoms with van der Waals surface area (Å²) in [6, 6.07) is 0. The van der Waals surface area contributed by atoms with Crippen LogP contribution in [-0.4, -0.2) is 37.9 Å². The van der Waals surface area contributed by atoms with Crippen molar-refractivity contribution in [2.45, 2.75) is 284 Å². The molecule has 0 N–H and O–H groups in total. The highest BCUT2D eigenvalue weighted by atomic mass is 16.6. The summed E-state index contributed by atoms with van der Waals surface area (Å²) in [6.07, 6.45) is 77.4. The van der Waals surface area contributed by atoms with Crippen LogP contribution in [0.2, 0.25) is 0 Å². The molecule has 0 aromatic rings. The van der Waals surface area contributed by atoms with Crippen LogP contribution in [0.5, 0.6) is 0 Å². The van der Waals surface area contributed by atoms with Gasteiger partial charge in [-0.1, -0.05) is 228 Å². The fourth-order valence-electron chi connectivity index (χ4n) is 7.99. The molecule has 0 heterocycles. The van der Waals surface area contributed by atoms with E-state index in [2.05, 4.69) is 106 Å². The van der Waals surface area contributed by atoms with Gasteiger partial charge in [-0.15, -0.1) is 0 Å². The van der Waals surface area contributed by atoms with Crippen LogP contribution in [0.4, 0.5) is 0 Å². The predicted octanol–water partition coefficient (Wildman–Crippen LogP) is 20.0. The van der Waals surface area contributed by atoms with Gasteiger partial charge in [0.15, 0.2) is 6.10 Å². The van der Waals surface area contributed by atoms with Crippen molar-refractivity contribution in [1.29, 1.82) is 0 Å². The van der Waals surface area contributed by atoms with Crippen molar-refractivity contribution in [2.75, 3.05) is 19.8 Å². The zero-order valence-electron chi connectivity index (χ0n) is 45.1. The predicted molar refractivity (Wildman–Crippen MR) is 297 cm³/mol. The Kier molecular flexibility index (Phi) is 55.9. The second kappa shape index (κ2) is 58.4. The Morgan fingerprint density at radius 2 is 0.618 bits per heavy atom. The highest BCUT2D eigenvalue weighted by Crippen LogP contribution is 2.14. The van der Waals surface area contributed by atoms with E-state index in [4.69, 9.17) is 14.2 Å². The first-order chi connectivity index (χ1) is 33.6. The molecule has 5 heteroatoms. The van der Waals surface area contributed by atoms with Crippen molar-refractivity contribution in [3.05, 3.63) is 85.1 Å². The topological polar surface area (TPSA) is 61.8 Å². The van der Waals surface area contributed by atoms with Crippen molar-refractivity contribution >= 4 is 11.9 Å². The van der Waals surface area contributed by atoms with Crippen LogP contribution in [0.3, 0.4) is 0 Å². The number of carbonyl (C=O) groups is 2. The van der Waals surface area contributed by atoms with Crippen LogP contribution in [0.25, 0.3) is 0 Å². The second-order valence-corrected chi connectivity index (χ2v) is 19.2. The quantitative estimate of drug-likeness (QED) is 0.0345. The molecule has 0 aliphatic rings. The Morgan fingerprint density at radius 1 is 0.324 bits per heavy atom. The van der Waals surface area contributed by atoms with Gasteiger partial charge in [-0.3, -0.25) is 9.59 Å². The molecule has 0 saturated heterocycles. The first-order valence-electron chi connectivity index (χ1n) is 29.1. The lowest BCUT2D eigenvalue weighted by molar-refractivity contribution is -0.163. The molecule has 0 radical (unpaired) electrons. The van der Waals surface area contributed by atoms with Crippen LogP contribution >= 0.6 is 0 Å². The fraction of sp³-hybridized carbons (Fsp3) is 0.746. The molecule has 1 unspecified atom stereocenters. The third-order valence-electron chi connectivity index (χ3n) is 12.4. The molecule has 0 aromatic carbocycles. The number of allylic oxidation sites excluding steroid dienone is 14. The molecule has 1 atom stereocenters. The maximum absolute atomic E-state index is 12.9. The lowest BCUT2D eigenvalue weighted by Crippen LogP contribution is -2.30. The molecule has 0 rings (SSSR count). The van der Waals surface area contributed by atoms with Gasteiger partial charge in [0.1, 0.15) is 6.61 Å². The minimum Gasteiger partial charge on any atom is -0.462 e. The first-order valence-corrected chi connectivity index (χ1v) is 29.1.